The lowest BCUT2D eigenvalue weighted by Gasteiger charge is -2.49. The van der Waals surface area contributed by atoms with Gasteiger partial charge in [0.1, 0.15) is 11.4 Å². The number of benzene rings is 1. The quantitative estimate of drug-likeness (QED) is 0.104. The summed E-state index contributed by atoms with van der Waals surface area (Å²) in [6.45, 7) is 37.8. The maximum Gasteiger partial charge on any atom is 0.192 e. The Morgan fingerprint density at radius 1 is 0.935 bits per heavy atom. The first-order valence-corrected chi connectivity index (χ1v) is 22.9. The molecule has 0 bridgehead atoms. The van der Waals surface area contributed by atoms with Crippen molar-refractivity contribution in [2.75, 3.05) is 26.9 Å². The molecule has 7 nitrogen and oxygen atoms in total. The first-order valence-electron chi connectivity index (χ1n) is 17.1. The number of methoxy groups -OCH3 is 1. The third kappa shape index (κ3) is 9.34. The normalized spacial score (nSPS) is 27.5. The van der Waals surface area contributed by atoms with Crippen LogP contribution in [0.4, 0.5) is 0 Å². The van der Waals surface area contributed by atoms with Gasteiger partial charge in [-0.1, -0.05) is 66.7 Å². The smallest absolute Gasteiger partial charge is 0.192 e. The van der Waals surface area contributed by atoms with Gasteiger partial charge in [-0.15, -0.1) is 6.58 Å². The van der Waals surface area contributed by atoms with Crippen molar-refractivity contribution in [1.29, 1.82) is 0 Å². The van der Waals surface area contributed by atoms with E-state index in [0.29, 0.717) is 26.4 Å². The summed E-state index contributed by atoms with van der Waals surface area (Å²) in [7, 11) is -2.68. The molecule has 2 fully saturated rings. The van der Waals surface area contributed by atoms with Crippen LogP contribution in [0, 0.1) is 17.8 Å². The molecule has 7 atom stereocenters. The van der Waals surface area contributed by atoms with E-state index in [0.717, 1.165) is 11.3 Å². The second-order valence-electron chi connectivity index (χ2n) is 17.3. The van der Waals surface area contributed by atoms with Gasteiger partial charge in [-0.05, 0) is 74.7 Å². The van der Waals surface area contributed by atoms with Crippen molar-refractivity contribution >= 4 is 16.6 Å². The lowest BCUT2D eigenvalue weighted by Crippen LogP contribution is -2.59. The van der Waals surface area contributed by atoms with E-state index < -0.39 is 28.0 Å². The van der Waals surface area contributed by atoms with Crippen LogP contribution in [0.15, 0.2) is 36.9 Å². The zero-order chi connectivity index (χ0) is 34.9. The van der Waals surface area contributed by atoms with Crippen LogP contribution >= 0.6 is 0 Å². The highest BCUT2D eigenvalue weighted by Crippen LogP contribution is 2.52. The summed E-state index contributed by atoms with van der Waals surface area (Å²) in [6.07, 6.45) is 1.49. The Kier molecular flexibility index (Phi) is 12.4. The van der Waals surface area contributed by atoms with E-state index in [1.54, 1.807) is 7.11 Å². The van der Waals surface area contributed by atoms with Crippen LogP contribution in [-0.4, -0.2) is 73.3 Å². The average molecular weight is 679 g/mol. The number of rotatable bonds is 15. The monoisotopic (exact) mass is 678 g/mol. The number of ether oxygens (including phenoxy) is 5. The van der Waals surface area contributed by atoms with Gasteiger partial charge < -0.3 is 32.5 Å². The molecule has 2 aliphatic heterocycles. The molecule has 2 aliphatic rings. The summed E-state index contributed by atoms with van der Waals surface area (Å²) in [5.74, 6) is 0.177. The zero-order valence-corrected chi connectivity index (χ0v) is 33.7. The molecule has 46 heavy (non-hydrogen) atoms. The van der Waals surface area contributed by atoms with E-state index >= 15 is 0 Å². The highest BCUT2D eigenvalue weighted by atomic mass is 28.4. The minimum absolute atomic E-state index is 0.00221. The summed E-state index contributed by atoms with van der Waals surface area (Å²) in [6, 6.07) is 8.02. The van der Waals surface area contributed by atoms with Gasteiger partial charge >= 0.3 is 0 Å². The summed E-state index contributed by atoms with van der Waals surface area (Å²) < 4.78 is 45.7. The molecular formula is C37H66O7Si2. The second kappa shape index (κ2) is 14.4. The molecule has 0 N–H and O–H groups in total. The Bertz CT molecular complexity index is 1140. The van der Waals surface area contributed by atoms with Gasteiger partial charge in [0, 0.05) is 24.4 Å². The first kappa shape index (κ1) is 39.4. The maximum absolute atomic E-state index is 7.47. The van der Waals surface area contributed by atoms with Crippen molar-refractivity contribution in [3.8, 4) is 5.75 Å². The van der Waals surface area contributed by atoms with Crippen molar-refractivity contribution in [3.63, 3.8) is 0 Å². The molecule has 9 heteroatoms. The Balaban J connectivity index is 1.95. The van der Waals surface area contributed by atoms with E-state index in [1.807, 2.05) is 44.2 Å². The fourth-order valence-corrected chi connectivity index (χ4v) is 8.21. The van der Waals surface area contributed by atoms with Gasteiger partial charge in [-0.25, -0.2) is 0 Å². The molecule has 3 rings (SSSR count). The van der Waals surface area contributed by atoms with Gasteiger partial charge in [-0.3, -0.25) is 0 Å². The molecule has 1 aromatic carbocycles. The minimum atomic E-state index is -2.26. The van der Waals surface area contributed by atoms with Crippen molar-refractivity contribution in [1.82, 2.24) is 0 Å². The predicted octanol–water partition coefficient (Wildman–Crippen LogP) is 8.99. The molecule has 0 spiro atoms. The first-order chi connectivity index (χ1) is 21.0. The fraction of sp³-hybridized carbons (Fsp3) is 0.784. The van der Waals surface area contributed by atoms with Gasteiger partial charge in [0.25, 0.3) is 0 Å². The van der Waals surface area contributed by atoms with Crippen LogP contribution in [0.5, 0.6) is 5.75 Å². The van der Waals surface area contributed by atoms with Crippen LogP contribution in [0.25, 0.3) is 0 Å². The SMILES string of the molecule is C=C[C@@H]1COC(C)(C)O[C@H]1[C@H](CO[Si](C)(C)C(C)(C)C)[C@H](O[Si](C)(C)C(C)(C)C)C1(C)O[C@@H]1[C@@H](C)COCc1ccc(OC)cc1. The van der Waals surface area contributed by atoms with E-state index in [-0.39, 0.29) is 46.1 Å². The third-order valence-electron chi connectivity index (χ3n) is 11.0. The third-order valence-corrected chi connectivity index (χ3v) is 20.0. The Morgan fingerprint density at radius 3 is 2.04 bits per heavy atom. The van der Waals surface area contributed by atoms with Crippen molar-refractivity contribution in [2.45, 2.75) is 142 Å². The molecule has 264 valence electrons. The topological polar surface area (TPSA) is 67.9 Å². The Labute approximate surface area is 283 Å². The van der Waals surface area contributed by atoms with Crippen LogP contribution < -0.4 is 4.74 Å². The number of epoxide rings is 1. The molecule has 1 aromatic rings. The maximum atomic E-state index is 7.47. The Morgan fingerprint density at radius 2 is 1.52 bits per heavy atom. The highest BCUT2D eigenvalue weighted by molar-refractivity contribution is 6.74. The van der Waals surface area contributed by atoms with Crippen molar-refractivity contribution in [3.05, 3.63) is 42.5 Å². The van der Waals surface area contributed by atoms with Crippen LogP contribution in [0.3, 0.4) is 0 Å². The van der Waals surface area contributed by atoms with Crippen LogP contribution in [0.1, 0.15) is 74.8 Å². The average Bonchev–Trinajstić information content (AvgIpc) is 3.63. The van der Waals surface area contributed by atoms with Gasteiger partial charge in [0.05, 0.1) is 45.2 Å². The summed E-state index contributed by atoms with van der Waals surface area (Å²) in [5.41, 5.74) is 0.585. The van der Waals surface area contributed by atoms with Crippen molar-refractivity contribution < 1.29 is 32.5 Å². The molecule has 0 aliphatic carbocycles. The lowest BCUT2D eigenvalue weighted by molar-refractivity contribution is -0.303. The minimum Gasteiger partial charge on any atom is -0.497 e. The van der Waals surface area contributed by atoms with E-state index in [9.17, 15) is 0 Å². The molecule has 0 aromatic heterocycles. The molecule has 0 amide bonds. The summed E-state index contributed by atoms with van der Waals surface area (Å²) in [5, 5.41) is 0.0802. The summed E-state index contributed by atoms with van der Waals surface area (Å²) >= 11 is 0. The Hall–Kier alpha value is -1.05. The van der Waals surface area contributed by atoms with Crippen LogP contribution in [0.2, 0.25) is 36.3 Å². The second-order valence-corrected chi connectivity index (χ2v) is 26.9. The number of hydrogen-bond donors (Lipinski definition) is 0. The molecule has 2 heterocycles. The van der Waals surface area contributed by atoms with E-state index in [4.69, 9.17) is 32.5 Å². The van der Waals surface area contributed by atoms with E-state index in [1.165, 1.54) is 0 Å². The fourth-order valence-electron chi connectivity index (χ4n) is 5.77. The molecule has 1 unspecified atom stereocenters. The predicted molar refractivity (Wildman–Crippen MR) is 192 cm³/mol. The summed E-state index contributed by atoms with van der Waals surface area (Å²) in [4.78, 5) is 0. The van der Waals surface area contributed by atoms with Gasteiger partial charge in [0.15, 0.2) is 22.4 Å². The van der Waals surface area contributed by atoms with Crippen LogP contribution in [-0.2, 0) is 34.4 Å². The lowest BCUT2D eigenvalue weighted by atomic mass is 9.79. The zero-order valence-electron chi connectivity index (χ0n) is 31.7. The van der Waals surface area contributed by atoms with E-state index in [2.05, 4.69) is 88.2 Å². The largest absolute Gasteiger partial charge is 0.497 e. The van der Waals surface area contributed by atoms with Gasteiger partial charge in [-0.2, -0.15) is 0 Å². The van der Waals surface area contributed by atoms with Crippen molar-refractivity contribution in [2.24, 2.45) is 17.8 Å². The molecular weight excluding hydrogens is 613 g/mol. The standard InChI is InChI=1S/C37H66O7Si2/c1-17-28-24-40-36(9,10)42-31(28)30(25-41-45(13,14)34(3,4)5)33(44-46(15,16)35(6,7)8)37(11)32(43-37)26(2)22-39-23-27-18-20-29(38-12)21-19-27/h17-21,26,28,30-33H,1,22-25H2,2-16H3/t26-,28+,30-,31+,32+,33-,37?/m0/s1. The highest BCUT2D eigenvalue weighted by Gasteiger charge is 2.65. The molecule has 0 saturated carbocycles. The number of hydrogen-bond acceptors (Lipinski definition) is 7. The molecule has 2 saturated heterocycles. The van der Waals surface area contributed by atoms with Gasteiger partial charge in [0.2, 0.25) is 0 Å². The molecule has 0 radical (unpaired) electrons.